The van der Waals surface area contributed by atoms with Gasteiger partial charge < -0.3 is 10.0 Å². The van der Waals surface area contributed by atoms with Crippen LogP contribution in [-0.4, -0.2) is 45.0 Å². The molecule has 1 aromatic heterocycles. The number of likely N-dealkylation sites (tertiary alicyclic amines) is 1. The predicted molar refractivity (Wildman–Crippen MR) is 156 cm³/mol. The molecule has 3 aromatic carbocycles. The van der Waals surface area contributed by atoms with Crippen molar-refractivity contribution in [1.29, 1.82) is 0 Å². The second-order valence-electron chi connectivity index (χ2n) is 9.55. The zero-order valence-electron chi connectivity index (χ0n) is 20.9. The van der Waals surface area contributed by atoms with Gasteiger partial charge in [0.15, 0.2) is 5.78 Å². The SMILES string of the molecule is Cl.O=C(CCCN1CCC(O)(c2ccccc2)CC1)c1cn(-c2ccccc2)c(-c2ccc(Cl)c(Cl)c2)n1. The molecule has 1 aliphatic rings. The molecular formula is C30H30Cl3N3O2. The molecule has 1 aliphatic heterocycles. The normalized spacial score (nSPS) is 15.1. The van der Waals surface area contributed by atoms with Crippen LogP contribution in [-0.2, 0) is 5.60 Å². The van der Waals surface area contributed by atoms with Crippen molar-refractivity contribution in [2.75, 3.05) is 19.6 Å². The molecule has 0 amide bonds. The molecule has 0 bridgehead atoms. The fourth-order valence-electron chi connectivity index (χ4n) is 4.91. The third-order valence-corrected chi connectivity index (χ3v) is 7.82. The van der Waals surface area contributed by atoms with E-state index in [4.69, 9.17) is 28.2 Å². The second kappa shape index (κ2) is 12.5. The quantitative estimate of drug-likeness (QED) is 0.227. The monoisotopic (exact) mass is 569 g/mol. The summed E-state index contributed by atoms with van der Waals surface area (Å²) in [5, 5.41) is 12.0. The maximum Gasteiger partial charge on any atom is 0.182 e. The molecule has 198 valence electrons. The van der Waals surface area contributed by atoms with Gasteiger partial charge in [0.25, 0.3) is 0 Å². The highest BCUT2D eigenvalue weighted by Crippen LogP contribution is 2.33. The number of carbonyl (C=O) groups excluding carboxylic acids is 1. The number of aliphatic hydroxyl groups is 1. The van der Waals surface area contributed by atoms with E-state index in [-0.39, 0.29) is 18.2 Å². The number of aromatic nitrogens is 2. The Morgan fingerprint density at radius 1 is 0.921 bits per heavy atom. The Kier molecular flexibility index (Phi) is 9.29. The molecule has 0 spiro atoms. The van der Waals surface area contributed by atoms with E-state index in [0.717, 1.165) is 42.9 Å². The molecule has 1 N–H and O–H groups in total. The second-order valence-corrected chi connectivity index (χ2v) is 10.4. The summed E-state index contributed by atoms with van der Waals surface area (Å²) in [6, 6.07) is 25.1. The van der Waals surface area contributed by atoms with Crippen molar-refractivity contribution in [3.63, 3.8) is 0 Å². The molecule has 1 fully saturated rings. The topological polar surface area (TPSA) is 58.4 Å². The van der Waals surface area contributed by atoms with Gasteiger partial charge >= 0.3 is 0 Å². The Bertz CT molecular complexity index is 1370. The molecule has 4 aromatic rings. The maximum atomic E-state index is 13.1. The van der Waals surface area contributed by atoms with Crippen molar-refractivity contribution < 1.29 is 9.90 Å². The third kappa shape index (κ3) is 6.31. The third-order valence-electron chi connectivity index (χ3n) is 7.08. The summed E-state index contributed by atoms with van der Waals surface area (Å²) in [6.07, 6.45) is 4.34. The minimum atomic E-state index is -0.765. The van der Waals surface area contributed by atoms with Crippen LogP contribution in [0.5, 0.6) is 0 Å². The summed E-state index contributed by atoms with van der Waals surface area (Å²) in [7, 11) is 0. The van der Waals surface area contributed by atoms with E-state index >= 15 is 0 Å². The number of benzene rings is 3. The van der Waals surface area contributed by atoms with Gasteiger partial charge in [-0.1, -0.05) is 71.7 Å². The standard InChI is InChI=1S/C30H29Cl2N3O2.ClH/c31-25-14-13-22(20-26(25)32)29-33-27(21-35(29)24-10-5-2-6-11-24)28(36)12-7-17-34-18-15-30(37,16-19-34)23-8-3-1-4-9-23;/h1-6,8-11,13-14,20-21,37H,7,12,15-19H2;1H. The Balaban J connectivity index is 0.00000336. The number of imidazole rings is 1. The summed E-state index contributed by atoms with van der Waals surface area (Å²) in [4.78, 5) is 20.2. The molecule has 0 radical (unpaired) electrons. The van der Waals surface area contributed by atoms with Crippen LogP contribution in [0.1, 0.15) is 41.7 Å². The first-order chi connectivity index (χ1) is 17.9. The van der Waals surface area contributed by atoms with Gasteiger partial charge in [0.1, 0.15) is 11.5 Å². The molecule has 0 saturated carbocycles. The number of para-hydroxylation sites is 1. The lowest BCUT2D eigenvalue weighted by Gasteiger charge is -2.38. The molecule has 38 heavy (non-hydrogen) atoms. The number of hydrogen-bond acceptors (Lipinski definition) is 4. The van der Waals surface area contributed by atoms with Gasteiger partial charge in [0.05, 0.1) is 15.6 Å². The highest BCUT2D eigenvalue weighted by atomic mass is 35.5. The Morgan fingerprint density at radius 3 is 2.24 bits per heavy atom. The van der Waals surface area contributed by atoms with Crippen LogP contribution < -0.4 is 0 Å². The highest BCUT2D eigenvalue weighted by molar-refractivity contribution is 6.42. The van der Waals surface area contributed by atoms with E-state index in [2.05, 4.69) is 4.90 Å². The van der Waals surface area contributed by atoms with Gasteiger partial charge in [-0.3, -0.25) is 9.36 Å². The number of halogens is 3. The molecule has 5 nitrogen and oxygen atoms in total. The van der Waals surface area contributed by atoms with Crippen molar-refractivity contribution in [3.05, 3.63) is 106 Å². The summed E-state index contributed by atoms with van der Waals surface area (Å²) in [5.74, 6) is 0.651. The average Bonchev–Trinajstić information content (AvgIpc) is 3.38. The smallest absolute Gasteiger partial charge is 0.182 e. The van der Waals surface area contributed by atoms with Gasteiger partial charge in [-0.2, -0.15) is 0 Å². The maximum absolute atomic E-state index is 13.1. The predicted octanol–water partition coefficient (Wildman–Crippen LogP) is 7.21. The average molecular weight is 571 g/mol. The van der Waals surface area contributed by atoms with Crippen molar-refractivity contribution in [2.45, 2.75) is 31.3 Å². The molecule has 0 unspecified atom stereocenters. The van der Waals surface area contributed by atoms with Crippen LogP contribution in [0.3, 0.4) is 0 Å². The molecule has 0 atom stereocenters. The van der Waals surface area contributed by atoms with Gasteiger partial charge in [-0.05, 0) is 61.7 Å². The van der Waals surface area contributed by atoms with Crippen LogP contribution >= 0.6 is 35.6 Å². The Morgan fingerprint density at radius 2 is 1.58 bits per heavy atom. The number of piperidine rings is 1. The van der Waals surface area contributed by atoms with Gasteiger partial charge in [0.2, 0.25) is 0 Å². The van der Waals surface area contributed by atoms with Crippen LogP contribution in [0.4, 0.5) is 0 Å². The zero-order valence-corrected chi connectivity index (χ0v) is 23.2. The Labute approximate surface area is 239 Å². The largest absolute Gasteiger partial charge is 0.385 e. The number of carbonyl (C=O) groups is 1. The first kappa shape index (κ1) is 28.3. The molecule has 5 rings (SSSR count). The minimum absolute atomic E-state index is 0. The first-order valence-electron chi connectivity index (χ1n) is 12.6. The zero-order chi connectivity index (χ0) is 25.8. The molecule has 1 saturated heterocycles. The number of nitrogens with zero attached hydrogens (tertiary/aromatic N) is 3. The fourth-order valence-corrected chi connectivity index (χ4v) is 5.21. The van der Waals surface area contributed by atoms with Crippen molar-refractivity contribution in [3.8, 4) is 17.1 Å². The van der Waals surface area contributed by atoms with Crippen molar-refractivity contribution in [1.82, 2.24) is 14.5 Å². The van der Waals surface area contributed by atoms with Crippen LogP contribution in [0.15, 0.2) is 85.1 Å². The number of hydrogen-bond donors (Lipinski definition) is 1. The van der Waals surface area contributed by atoms with Crippen molar-refractivity contribution >= 4 is 41.4 Å². The van der Waals surface area contributed by atoms with Crippen LogP contribution in [0, 0.1) is 0 Å². The lowest BCUT2D eigenvalue weighted by atomic mass is 9.84. The summed E-state index contributed by atoms with van der Waals surface area (Å²) >= 11 is 12.4. The van der Waals surface area contributed by atoms with E-state index in [1.807, 2.05) is 71.3 Å². The summed E-state index contributed by atoms with van der Waals surface area (Å²) in [6.45, 7) is 2.43. The fraction of sp³-hybridized carbons (Fsp3) is 0.267. The van der Waals surface area contributed by atoms with E-state index < -0.39 is 5.60 Å². The van der Waals surface area contributed by atoms with Gasteiger partial charge in [0, 0.05) is 37.0 Å². The van der Waals surface area contributed by atoms with Gasteiger partial charge in [-0.15, -0.1) is 12.4 Å². The lowest BCUT2D eigenvalue weighted by molar-refractivity contribution is -0.0260. The summed E-state index contributed by atoms with van der Waals surface area (Å²) in [5.41, 5.74) is 2.35. The van der Waals surface area contributed by atoms with Gasteiger partial charge in [-0.25, -0.2) is 4.98 Å². The van der Waals surface area contributed by atoms with Crippen molar-refractivity contribution in [2.24, 2.45) is 0 Å². The number of rotatable bonds is 8. The van der Waals surface area contributed by atoms with E-state index in [1.165, 1.54) is 0 Å². The molecule has 0 aliphatic carbocycles. The molecule has 8 heteroatoms. The molecule has 2 heterocycles. The van der Waals surface area contributed by atoms with Crippen LogP contribution in [0.25, 0.3) is 17.1 Å². The lowest BCUT2D eigenvalue weighted by Crippen LogP contribution is -2.42. The number of ketones is 1. The number of Topliss-reactive ketones (excluding diaryl/α,β-unsaturated/α-hetero) is 1. The summed E-state index contributed by atoms with van der Waals surface area (Å²) < 4.78 is 1.92. The highest BCUT2D eigenvalue weighted by Gasteiger charge is 2.33. The first-order valence-corrected chi connectivity index (χ1v) is 13.3. The van der Waals surface area contributed by atoms with Crippen LogP contribution in [0.2, 0.25) is 10.0 Å². The van der Waals surface area contributed by atoms with E-state index in [1.54, 1.807) is 18.3 Å². The van der Waals surface area contributed by atoms with E-state index in [9.17, 15) is 9.90 Å². The minimum Gasteiger partial charge on any atom is -0.385 e. The van der Waals surface area contributed by atoms with E-state index in [0.29, 0.717) is 40.8 Å². The Hall–Kier alpha value is -2.67. The molecular weight excluding hydrogens is 541 g/mol.